The Bertz CT molecular complexity index is 627. The summed E-state index contributed by atoms with van der Waals surface area (Å²) in [5, 5.41) is 9.91. The van der Waals surface area contributed by atoms with Gasteiger partial charge in [-0.1, -0.05) is 67.0 Å². The van der Waals surface area contributed by atoms with Crippen LogP contribution in [0.15, 0.2) is 58.0 Å². The Morgan fingerprint density at radius 1 is 1.25 bits per heavy atom. The molecule has 0 radical (unpaired) electrons. The molecular weight excluding hydrogens is 316 g/mol. The fraction of sp³-hybridized carbons (Fsp3) is 0.294. The highest BCUT2D eigenvalue weighted by Crippen LogP contribution is 2.43. The third-order valence-electron chi connectivity index (χ3n) is 3.02. The molecule has 0 aromatic heterocycles. The van der Waals surface area contributed by atoms with E-state index in [4.69, 9.17) is 0 Å². The molecule has 0 spiro atoms. The van der Waals surface area contributed by atoms with Gasteiger partial charge in [0, 0.05) is 0 Å². The molecule has 1 aliphatic rings. The van der Waals surface area contributed by atoms with Gasteiger partial charge in [0.1, 0.15) is 0 Å². The Balaban J connectivity index is 2.57. The lowest BCUT2D eigenvalue weighted by Gasteiger charge is -2.12. The van der Waals surface area contributed by atoms with Crippen LogP contribution in [0.2, 0.25) is 0 Å². The van der Waals surface area contributed by atoms with E-state index in [1.807, 2.05) is 57.2 Å². The number of allylic oxidation sites excluding steroid dienone is 2. The van der Waals surface area contributed by atoms with Crippen molar-refractivity contribution in [3.05, 3.63) is 63.5 Å². The quantitative estimate of drug-likeness (QED) is 0.600. The number of hydrogen-bond acceptors (Lipinski definition) is 2. The third-order valence-corrected chi connectivity index (χ3v) is 3.86. The molecule has 1 N–H and O–H groups in total. The SMILES string of the molecule is CC(C)(C)C=C=C1C(=O)C(O)=C(Br)C1c1ccccc1. The zero-order valence-corrected chi connectivity index (χ0v) is 13.4. The molecule has 2 nitrogen and oxygen atoms in total. The fourth-order valence-electron chi connectivity index (χ4n) is 2.03. The van der Waals surface area contributed by atoms with Gasteiger partial charge in [0.25, 0.3) is 0 Å². The van der Waals surface area contributed by atoms with Gasteiger partial charge >= 0.3 is 0 Å². The number of Topliss-reactive ketones (excluding diaryl/α,β-unsaturated/α-hetero) is 1. The van der Waals surface area contributed by atoms with Crippen LogP contribution in [0.1, 0.15) is 32.3 Å². The third kappa shape index (κ3) is 2.95. The first-order chi connectivity index (χ1) is 9.31. The maximum absolute atomic E-state index is 12.2. The largest absolute Gasteiger partial charge is 0.504 e. The molecule has 0 aliphatic heterocycles. The van der Waals surface area contributed by atoms with Gasteiger partial charge in [-0.25, -0.2) is 0 Å². The number of benzene rings is 1. The smallest absolute Gasteiger partial charge is 0.232 e. The van der Waals surface area contributed by atoms with E-state index in [1.54, 1.807) is 0 Å². The molecule has 104 valence electrons. The minimum atomic E-state index is -0.355. The summed E-state index contributed by atoms with van der Waals surface area (Å²) >= 11 is 3.34. The summed E-state index contributed by atoms with van der Waals surface area (Å²) in [5.74, 6) is -0.850. The second-order valence-corrected chi connectivity index (χ2v) is 6.79. The predicted molar refractivity (Wildman–Crippen MR) is 83.8 cm³/mol. The summed E-state index contributed by atoms with van der Waals surface area (Å²) in [6, 6.07) is 9.64. The van der Waals surface area contributed by atoms with E-state index in [2.05, 4.69) is 21.7 Å². The molecule has 0 amide bonds. The molecule has 0 fully saturated rings. The maximum atomic E-state index is 12.2. The highest BCUT2D eigenvalue weighted by Gasteiger charge is 2.37. The number of carbonyl (C=O) groups excluding carboxylic acids is 1. The van der Waals surface area contributed by atoms with E-state index in [9.17, 15) is 9.90 Å². The molecule has 3 heteroatoms. The molecular formula is C17H17BrO2. The molecule has 1 aromatic rings. The standard InChI is InChI=1S/C17H17BrO2/c1-17(2,3)10-9-12-13(11-7-5-4-6-8-11)14(18)16(20)15(12)19/h4-8,10,13,20H,1-3H3. The second kappa shape index (κ2) is 5.43. The summed E-state index contributed by atoms with van der Waals surface area (Å²) in [6.07, 6.45) is 1.87. The monoisotopic (exact) mass is 332 g/mol. The number of rotatable bonds is 1. The first kappa shape index (κ1) is 14.8. The van der Waals surface area contributed by atoms with Gasteiger partial charge in [-0.15, -0.1) is 5.73 Å². The van der Waals surface area contributed by atoms with Crippen molar-refractivity contribution < 1.29 is 9.90 Å². The maximum Gasteiger partial charge on any atom is 0.232 e. The normalized spacial score (nSPS) is 19.3. The number of ketones is 1. The first-order valence-electron chi connectivity index (χ1n) is 6.47. The summed E-state index contributed by atoms with van der Waals surface area (Å²) < 4.78 is 0.513. The molecule has 1 aliphatic carbocycles. The van der Waals surface area contributed by atoms with Gasteiger partial charge in [0.15, 0.2) is 5.76 Å². The van der Waals surface area contributed by atoms with Crippen LogP contribution >= 0.6 is 15.9 Å². The molecule has 0 heterocycles. The molecule has 20 heavy (non-hydrogen) atoms. The van der Waals surface area contributed by atoms with Crippen LogP contribution in [-0.4, -0.2) is 10.9 Å². The number of halogens is 1. The summed E-state index contributed by atoms with van der Waals surface area (Å²) in [6.45, 7) is 6.12. The average Bonchev–Trinajstić information content (AvgIpc) is 2.61. The molecule has 0 saturated heterocycles. The Morgan fingerprint density at radius 2 is 1.85 bits per heavy atom. The number of carbonyl (C=O) groups is 1. The summed E-state index contributed by atoms with van der Waals surface area (Å²) in [7, 11) is 0. The van der Waals surface area contributed by atoms with Crippen molar-refractivity contribution in [2.24, 2.45) is 5.41 Å². The van der Waals surface area contributed by atoms with Crippen molar-refractivity contribution in [1.82, 2.24) is 0 Å². The van der Waals surface area contributed by atoms with Gasteiger partial charge in [-0.2, -0.15) is 0 Å². The van der Waals surface area contributed by atoms with Crippen LogP contribution in [0.25, 0.3) is 0 Å². The van der Waals surface area contributed by atoms with Gasteiger partial charge < -0.3 is 5.11 Å². The van der Waals surface area contributed by atoms with E-state index in [-0.39, 0.29) is 22.9 Å². The van der Waals surface area contributed by atoms with E-state index in [1.165, 1.54) is 0 Å². The highest BCUT2D eigenvalue weighted by molar-refractivity contribution is 9.11. The van der Waals surface area contributed by atoms with Crippen molar-refractivity contribution >= 4 is 21.7 Å². The van der Waals surface area contributed by atoms with E-state index in [0.717, 1.165) is 5.56 Å². The van der Waals surface area contributed by atoms with Crippen molar-refractivity contribution in [3.63, 3.8) is 0 Å². The first-order valence-corrected chi connectivity index (χ1v) is 7.26. The number of hydrogen-bond donors (Lipinski definition) is 1. The predicted octanol–water partition coefficient (Wildman–Crippen LogP) is 4.65. The number of aliphatic hydroxyl groups excluding tert-OH is 1. The lowest BCUT2D eigenvalue weighted by molar-refractivity contribution is -0.114. The Morgan fingerprint density at radius 3 is 2.40 bits per heavy atom. The van der Waals surface area contributed by atoms with Crippen molar-refractivity contribution in [2.75, 3.05) is 0 Å². The molecule has 1 unspecified atom stereocenters. The van der Waals surface area contributed by atoms with Crippen LogP contribution in [0.5, 0.6) is 0 Å². The van der Waals surface area contributed by atoms with Crippen molar-refractivity contribution in [1.29, 1.82) is 0 Å². The van der Waals surface area contributed by atoms with Crippen LogP contribution < -0.4 is 0 Å². The molecule has 0 bridgehead atoms. The zero-order valence-electron chi connectivity index (χ0n) is 11.8. The Hall–Kier alpha value is -1.57. The fourth-order valence-corrected chi connectivity index (χ4v) is 2.71. The van der Waals surface area contributed by atoms with Crippen LogP contribution in [0.4, 0.5) is 0 Å². The minimum Gasteiger partial charge on any atom is -0.504 e. The van der Waals surface area contributed by atoms with Gasteiger partial charge in [-0.05, 0) is 17.1 Å². The Labute approximate surface area is 127 Å². The van der Waals surface area contributed by atoms with Crippen LogP contribution in [-0.2, 0) is 4.79 Å². The summed E-state index contributed by atoms with van der Waals surface area (Å²) in [4.78, 5) is 12.2. The van der Waals surface area contributed by atoms with Crippen molar-refractivity contribution in [3.8, 4) is 0 Å². The second-order valence-electron chi connectivity index (χ2n) is 5.94. The van der Waals surface area contributed by atoms with E-state index in [0.29, 0.717) is 10.1 Å². The van der Waals surface area contributed by atoms with Gasteiger partial charge in [0.05, 0.1) is 16.0 Å². The molecule has 0 saturated carbocycles. The van der Waals surface area contributed by atoms with E-state index < -0.39 is 0 Å². The lowest BCUT2D eigenvalue weighted by atomic mass is 9.92. The summed E-state index contributed by atoms with van der Waals surface area (Å²) in [5.41, 5.74) is 4.46. The zero-order chi connectivity index (χ0) is 14.9. The van der Waals surface area contributed by atoms with Crippen LogP contribution in [0.3, 0.4) is 0 Å². The number of aliphatic hydroxyl groups is 1. The van der Waals surface area contributed by atoms with Crippen LogP contribution in [0, 0.1) is 5.41 Å². The lowest BCUT2D eigenvalue weighted by Crippen LogP contribution is -2.04. The topological polar surface area (TPSA) is 37.3 Å². The minimum absolute atomic E-state index is 0.0702. The van der Waals surface area contributed by atoms with Gasteiger partial charge in [0.2, 0.25) is 5.78 Å². The molecule has 1 atom stereocenters. The molecule has 1 aromatic carbocycles. The average molecular weight is 333 g/mol. The van der Waals surface area contributed by atoms with Crippen molar-refractivity contribution in [2.45, 2.75) is 26.7 Å². The molecule has 2 rings (SSSR count). The highest BCUT2D eigenvalue weighted by atomic mass is 79.9. The Kier molecular flexibility index (Phi) is 4.03. The van der Waals surface area contributed by atoms with E-state index >= 15 is 0 Å². The van der Waals surface area contributed by atoms with Gasteiger partial charge in [-0.3, -0.25) is 4.79 Å².